The van der Waals surface area contributed by atoms with E-state index in [1.54, 1.807) is 4.68 Å². The monoisotopic (exact) mass is 445 g/mol. The average Bonchev–Trinajstić information content (AvgIpc) is 3.14. The van der Waals surface area contributed by atoms with Crippen LogP contribution in [-0.2, 0) is 4.79 Å². The lowest BCUT2D eigenvalue weighted by atomic mass is 10.0. The van der Waals surface area contributed by atoms with Gasteiger partial charge in [-0.25, -0.2) is 4.68 Å². The van der Waals surface area contributed by atoms with Gasteiger partial charge in [-0.15, -0.1) is 0 Å². The molecule has 1 fully saturated rings. The highest BCUT2D eigenvalue weighted by Gasteiger charge is 2.22. The summed E-state index contributed by atoms with van der Waals surface area (Å²) in [7, 11) is 0. The van der Waals surface area contributed by atoms with Gasteiger partial charge >= 0.3 is 0 Å². The molecule has 2 aromatic carbocycles. The molecule has 0 spiro atoms. The molecule has 0 bridgehead atoms. The normalized spacial score (nSPS) is 14.4. The number of nitrogens with zero attached hydrogens (tertiary/aromatic N) is 4. The first-order chi connectivity index (χ1) is 15.9. The molecule has 1 N–H and O–H groups in total. The van der Waals surface area contributed by atoms with E-state index in [9.17, 15) is 9.59 Å². The van der Waals surface area contributed by atoms with Crippen molar-refractivity contribution in [2.75, 3.05) is 38.0 Å². The number of likely N-dealkylation sites (N-methyl/N-ethyl adjacent to an activating group) is 1. The van der Waals surface area contributed by atoms with Gasteiger partial charge in [-0.1, -0.05) is 36.8 Å². The Labute approximate surface area is 195 Å². The van der Waals surface area contributed by atoms with E-state index >= 15 is 0 Å². The summed E-state index contributed by atoms with van der Waals surface area (Å²) in [6, 6.07) is 15.6. The molecule has 7 heteroatoms. The standard InChI is InChI=1S/C26H31N5O2/c1-5-29-14-16-30(17-15-29)26(33)22-10-12-23(13-11-22)31-25(27-20(4)32)24(19(3)28-31)21-8-6-18(2)7-9-21/h6-13H,5,14-17H2,1-4H3,(H,27,32). The number of carbonyl (C=O) groups excluding carboxylic acids is 2. The first-order valence-corrected chi connectivity index (χ1v) is 11.4. The summed E-state index contributed by atoms with van der Waals surface area (Å²) >= 11 is 0. The molecule has 0 aliphatic carbocycles. The van der Waals surface area contributed by atoms with E-state index in [1.165, 1.54) is 12.5 Å². The van der Waals surface area contributed by atoms with E-state index < -0.39 is 0 Å². The van der Waals surface area contributed by atoms with E-state index in [0.717, 1.165) is 55.2 Å². The second kappa shape index (κ2) is 9.58. The molecule has 1 aliphatic heterocycles. The summed E-state index contributed by atoms with van der Waals surface area (Å²) in [6.07, 6.45) is 0. The molecular formula is C26H31N5O2. The predicted molar refractivity (Wildman–Crippen MR) is 131 cm³/mol. The largest absolute Gasteiger partial charge is 0.336 e. The SMILES string of the molecule is CCN1CCN(C(=O)c2ccc(-n3nc(C)c(-c4ccc(C)cc4)c3NC(C)=O)cc2)CC1. The minimum absolute atomic E-state index is 0.0522. The third-order valence-corrected chi connectivity index (χ3v) is 6.16. The zero-order valence-electron chi connectivity index (χ0n) is 19.8. The Morgan fingerprint density at radius 3 is 2.15 bits per heavy atom. The summed E-state index contributed by atoms with van der Waals surface area (Å²) in [4.78, 5) is 29.2. The fraction of sp³-hybridized carbons (Fsp3) is 0.346. The van der Waals surface area contributed by atoms with Gasteiger partial charge < -0.3 is 15.1 Å². The number of aryl methyl sites for hydroxylation is 2. The number of hydrogen-bond acceptors (Lipinski definition) is 4. The average molecular weight is 446 g/mol. The van der Waals surface area contributed by atoms with Gasteiger partial charge in [0, 0.05) is 44.2 Å². The molecule has 1 aliphatic rings. The zero-order chi connectivity index (χ0) is 23.5. The summed E-state index contributed by atoms with van der Waals surface area (Å²) in [6.45, 7) is 12.0. The first kappa shape index (κ1) is 22.7. The van der Waals surface area contributed by atoms with Crippen LogP contribution in [0, 0.1) is 13.8 Å². The van der Waals surface area contributed by atoms with Gasteiger partial charge in [0.05, 0.1) is 11.4 Å². The van der Waals surface area contributed by atoms with Crippen molar-refractivity contribution < 1.29 is 9.59 Å². The maximum atomic E-state index is 13.0. The van der Waals surface area contributed by atoms with Crippen molar-refractivity contribution in [3.8, 4) is 16.8 Å². The number of carbonyl (C=O) groups is 2. The maximum Gasteiger partial charge on any atom is 0.253 e. The van der Waals surface area contributed by atoms with Crippen LogP contribution in [0.5, 0.6) is 0 Å². The summed E-state index contributed by atoms with van der Waals surface area (Å²) in [5, 5.41) is 7.67. The number of hydrogen-bond donors (Lipinski definition) is 1. The number of benzene rings is 2. The number of piperazine rings is 1. The van der Waals surface area contributed by atoms with Crippen LogP contribution in [0.4, 0.5) is 5.82 Å². The Bertz CT molecular complexity index is 1140. The minimum atomic E-state index is -0.164. The van der Waals surface area contributed by atoms with Crippen LogP contribution >= 0.6 is 0 Å². The molecule has 0 saturated carbocycles. The Morgan fingerprint density at radius 2 is 1.58 bits per heavy atom. The van der Waals surface area contributed by atoms with Gasteiger partial charge in [0.25, 0.3) is 5.91 Å². The quantitative estimate of drug-likeness (QED) is 0.647. The Hall–Kier alpha value is -3.45. The molecule has 172 valence electrons. The van der Waals surface area contributed by atoms with Gasteiger partial charge in [-0.05, 0) is 50.2 Å². The molecule has 4 rings (SSSR count). The van der Waals surface area contributed by atoms with Gasteiger partial charge in [0.15, 0.2) is 0 Å². The van der Waals surface area contributed by atoms with Crippen LogP contribution in [0.3, 0.4) is 0 Å². The van der Waals surface area contributed by atoms with E-state index in [-0.39, 0.29) is 11.8 Å². The van der Waals surface area contributed by atoms with Crippen molar-refractivity contribution in [1.82, 2.24) is 19.6 Å². The molecule has 2 heterocycles. The molecule has 1 saturated heterocycles. The van der Waals surface area contributed by atoms with Crippen molar-refractivity contribution >= 4 is 17.6 Å². The van der Waals surface area contributed by atoms with Gasteiger partial charge in [0.1, 0.15) is 5.82 Å². The number of anilines is 1. The van der Waals surface area contributed by atoms with Crippen LogP contribution in [0.25, 0.3) is 16.8 Å². The molecule has 33 heavy (non-hydrogen) atoms. The summed E-state index contributed by atoms with van der Waals surface area (Å²) < 4.78 is 1.74. The molecule has 0 radical (unpaired) electrons. The van der Waals surface area contributed by atoms with Crippen LogP contribution in [0.1, 0.15) is 35.5 Å². The lowest BCUT2D eigenvalue weighted by molar-refractivity contribution is -0.114. The molecule has 0 unspecified atom stereocenters. The fourth-order valence-electron chi connectivity index (χ4n) is 4.26. The second-order valence-corrected chi connectivity index (χ2v) is 8.54. The fourth-order valence-corrected chi connectivity index (χ4v) is 4.26. The third-order valence-electron chi connectivity index (χ3n) is 6.16. The molecule has 3 aromatic rings. The highest BCUT2D eigenvalue weighted by Crippen LogP contribution is 2.33. The molecular weight excluding hydrogens is 414 g/mol. The molecule has 7 nitrogen and oxygen atoms in total. The van der Waals surface area contributed by atoms with Gasteiger partial charge in [-0.2, -0.15) is 5.10 Å². The smallest absolute Gasteiger partial charge is 0.253 e. The highest BCUT2D eigenvalue weighted by atomic mass is 16.2. The first-order valence-electron chi connectivity index (χ1n) is 11.4. The highest BCUT2D eigenvalue weighted by molar-refractivity contribution is 5.95. The Balaban J connectivity index is 1.63. The maximum absolute atomic E-state index is 13.0. The van der Waals surface area contributed by atoms with Crippen molar-refractivity contribution in [1.29, 1.82) is 0 Å². The van der Waals surface area contributed by atoms with E-state index in [1.807, 2.05) is 67.3 Å². The molecule has 2 amide bonds. The second-order valence-electron chi connectivity index (χ2n) is 8.54. The minimum Gasteiger partial charge on any atom is -0.336 e. The van der Waals surface area contributed by atoms with Crippen molar-refractivity contribution in [2.24, 2.45) is 0 Å². The third kappa shape index (κ3) is 4.83. The number of amides is 2. The van der Waals surface area contributed by atoms with Crippen LogP contribution in [0.2, 0.25) is 0 Å². The Morgan fingerprint density at radius 1 is 0.939 bits per heavy atom. The van der Waals surface area contributed by atoms with Crippen LogP contribution in [-0.4, -0.2) is 64.1 Å². The lowest BCUT2D eigenvalue weighted by Crippen LogP contribution is -2.48. The Kier molecular flexibility index (Phi) is 6.60. The molecule has 1 aromatic heterocycles. The zero-order valence-corrected chi connectivity index (χ0v) is 19.8. The lowest BCUT2D eigenvalue weighted by Gasteiger charge is -2.34. The summed E-state index contributed by atoms with van der Waals surface area (Å²) in [5.74, 6) is 0.512. The number of nitrogens with one attached hydrogen (secondary N) is 1. The van der Waals surface area contributed by atoms with E-state index in [4.69, 9.17) is 5.10 Å². The van der Waals surface area contributed by atoms with Crippen LogP contribution in [0.15, 0.2) is 48.5 Å². The van der Waals surface area contributed by atoms with Crippen LogP contribution < -0.4 is 5.32 Å². The predicted octanol–water partition coefficient (Wildman–Crippen LogP) is 3.89. The van der Waals surface area contributed by atoms with Crippen molar-refractivity contribution in [3.63, 3.8) is 0 Å². The van der Waals surface area contributed by atoms with Crippen molar-refractivity contribution in [2.45, 2.75) is 27.7 Å². The molecule has 0 atom stereocenters. The number of rotatable bonds is 5. The van der Waals surface area contributed by atoms with E-state index in [0.29, 0.717) is 11.4 Å². The van der Waals surface area contributed by atoms with Crippen molar-refractivity contribution in [3.05, 3.63) is 65.4 Å². The van der Waals surface area contributed by atoms with E-state index in [2.05, 4.69) is 17.1 Å². The van der Waals surface area contributed by atoms with Gasteiger partial charge in [0.2, 0.25) is 5.91 Å². The number of aromatic nitrogens is 2. The topological polar surface area (TPSA) is 70.5 Å². The summed E-state index contributed by atoms with van der Waals surface area (Å²) in [5.41, 5.74) is 5.31. The van der Waals surface area contributed by atoms with Gasteiger partial charge in [-0.3, -0.25) is 9.59 Å².